The smallest absolute Gasteiger partial charge is 0.0178 e. The highest BCUT2D eigenvalue weighted by molar-refractivity contribution is 5.35. The number of nitrogens with two attached hydrogens (primary N) is 1. The molecule has 6 heavy (non-hydrogen) atoms. The molecule has 0 spiro atoms. The second kappa shape index (κ2) is 1.27. The van der Waals surface area contributed by atoms with E-state index in [0.29, 0.717) is 6.54 Å². The second-order valence-corrected chi connectivity index (χ2v) is 1.30. The van der Waals surface area contributed by atoms with Crippen LogP contribution >= 0.6 is 0 Å². The fraction of sp³-hybridized carbons (Fsp3) is 0.200. The van der Waals surface area contributed by atoms with Gasteiger partial charge in [0.25, 0.3) is 0 Å². The van der Waals surface area contributed by atoms with Crippen LogP contribution in [0.1, 0.15) is 0 Å². The molecule has 1 aliphatic rings. The fourth-order valence-electron chi connectivity index (χ4n) is 0.368. The summed E-state index contributed by atoms with van der Waals surface area (Å²) in [7, 11) is 0. The van der Waals surface area contributed by atoms with Gasteiger partial charge in [0.2, 0.25) is 0 Å². The molecule has 0 saturated carbocycles. The molecule has 0 aliphatic heterocycles. The average Bonchev–Trinajstić information content (AvgIpc) is 1.31. The van der Waals surface area contributed by atoms with Gasteiger partial charge in [0.1, 0.15) is 0 Å². The Morgan fingerprint density at radius 1 is 1.67 bits per heavy atom. The van der Waals surface area contributed by atoms with Crippen LogP contribution in [-0.2, 0) is 0 Å². The van der Waals surface area contributed by atoms with Crippen molar-refractivity contribution in [2.75, 3.05) is 6.54 Å². The van der Waals surface area contributed by atoms with E-state index in [-0.39, 0.29) is 0 Å². The molecular weight excluding hydrogens is 74.1 g/mol. The Kier molecular flexibility index (Phi) is 0.765. The van der Waals surface area contributed by atoms with Crippen molar-refractivity contribution in [1.29, 1.82) is 0 Å². The Morgan fingerprint density at radius 3 is 2.33 bits per heavy atom. The van der Waals surface area contributed by atoms with Crippen LogP contribution in [0.5, 0.6) is 0 Å². The third-order valence-corrected chi connectivity index (χ3v) is 0.856. The maximum atomic E-state index is 5.21. The Labute approximate surface area is 37.2 Å². The van der Waals surface area contributed by atoms with E-state index in [2.05, 4.69) is 0 Å². The van der Waals surface area contributed by atoms with Crippen LogP contribution in [-0.4, -0.2) is 6.54 Å². The molecule has 0 aromatic heterocycles. The predicted octanol–water partition coefficient (Wildman–Crippen LogP) is 0.441. The molecule has 0 aromatic rings. The van der Waals surface area contributed by atoms with Crippen molar-refractivity contribution in [2.24, 2.45) is 5.73 Å². The highest BCUT2D eigenvalue weighted by Crippen LogP contribution is 2.03. The third-order valence-electron chi connectivity index (χ3n) is 0.856. The van der Waals surface area contributed by atoms with Crippen LogP contribution < -0.4 is 5.73 Å². The standard InChI is InChI=1S/C5H7N/c6-4-5-2-1-3-5/h1-3H,4,6H2. The van der Waals surface area contributed by atoms with Crippen molar-refractivity contribution in [3.8, 4) is 0 Å². The molecular formula is C5H7N. The summed E-state index contributed by atoms with van der Waals surface area (Å²) >= 11 is 0. The van der Waals surface area contributed by atoms with E-state index in [0.717, 1.165) is 0 Å². The molecule has 1 heteroatoms. The molecule has 0 atom stereocenters. The van der Waals surface area contributed by atoms with Crippen molar-refractivity contribution in [3.05, 3.63) is 23.8 Å². The van der Waals surface area contributed by atoms with E-state index in [1.165, 1.54) is 5.57 Å². The van der Waals surface area contributed by atoms with Crippen molar-refractivity contribution >= 4 is 0 Å². The van der Waals surface area contributed by atoms with Gasteiger partial charge in [0, 0.05) is 6.54 Å². The van der Waals surface area contributed by atoms with Gasteiger partial charge in [-0.3, -0.25) is 0 Å². The lowest BCUT2D eigenvalue weighted by Crippen LogP contribution is -2.02. The van der Waals surface area contributed by atoms with Gasteiger partial charge in [0.05, 0.1) is 0 Å². The molecule has 2 N–H and O–H groups in total. The Bertz CT molecular complexity index is 101. The molecule has 0 aromatic carbocycles. The van der Waals surface area contributed by atoms with Gasteiger partial charge in [-0.05, 0) is 5.57 Å². The topological polar surface area (TPSA) is 26.0 Å². The maximum Gasteiger partial charge on any atom is 0.0178 e. The minimum atomic E-state index is 0.691. The van der Waals surface area contributed by atoms with Crippen molar-refractivity contribution in [2.45, 2.75) is 0 Å². The van der Waals surface area contributed by atoms with Gasteiger partial charge in [0.15, 0.2) is 0 Å². The normalized spacial score (nSPS) is 16.5. The number of hydrogen-bond donors (Lipinski definition) is 1. The zero-order chi connectivity index (χ0) is 4.41. The Hall–Kier alpha value is -0.560. The first-order chi connectivity index (χ1) is 2.93. The monoisotopic (exact) mass is 81.1 g/mol. The summed E-state index contributed by atoms with van der Waals surface area (Å²) in [6.07, 6.45) is 6.02. The zero-order valence-corrected chi connectivity index (χ0v) is 3.52. The van der Waals surface area contributed by atoms with E-state index < -0.39 is 0 Å². The van der Waals surface area contributed by atoms with Gasteiger partial charge in [-0.25, -0.2) is 0 Å². The molecule has 0 saturated heterocycles. The summed E-state index contributed by atoms with van der Waals surface area (Å²) in [5.41, 5.74) is 6.46. The first kappa shape index (κ1) is 3.62. The molecule has 32 valence electrons. The van der Waals surface area contributed by atoms with E-state index in [1.807, 2.05) is 18.2 Å². The van der Waals surface area contributed by atoms with Crippen LogP contribution in [0.4, 0.5) is 0 Å². The van der Waals surface area contributed by atoms with E-state index in [9.17, 15) is 0 Å². The lowest BCUT2D eigenvalue weighted by molar-refractivity contribution is 1.17. The van der Waals surface area contributed by atoms with Gasteiger partial charge in [-0.1, -0.05) is 18.2 Å². The molecule has 1 nitrogen and oxygen atoms in total. The molecule has 0 unspecified atom stereocenters. The molecule has 0 heterocycles. The molecule has 0 fully saturated rings. The molecule has 0 bridgehead atoms. The SMILES string of the molecule is NCC1=CC=C1. The first-order valence-electron chi connectivity index (χ1n) is 2.01. The maximum absolute atomic E-state index is 5.21. The van der Waals surface area contributed by atoms with Crippen LogP contribution in [0.15, 0.2) is 23.8 Å². The molecule has 0 radical (unpaired) electrons. The third kappa shape index (κ3) is 0.370. The van der Waals surface area contributed by atoms with Crippen molar-refractivity contribution < 1.29 is 0 Å². The number of rotatable bonds is 1. The lowest BCUT2D eigenvalue weighted by Gasteiger charge is -1.99. The summed E-state index contributed by atoms with van der Waals surface area (Å²) in [6, 6.07) is 0. The van der Waals surface area contributed by atoms with Crippen LogP contribution in [0, 0.1) is 0 Å². The summed E-state index contributed by atoms with van der Waals surface area (Å²) in [5.74, 6) is 0. The van der Waals surface area contributed by atoms with E-state index in [1.54, 1.807) is 0 Å². The van der Waals surface area contributed by atoms with Crippen molar-refractivity contribution in [3.63, 3.8) is 0 Å². The lowest BCUT2D eigenvalue weighted by atomic mass is 10.1. The fourth-order valence-corrected chi connectivity index (χ4v) is 0.368. The predicted molar refractivity (Wildman–Crippen MR) is 26.3 cm³/mol. The number of allylic oxidation sites excluding steroid dienone is 2. The second-order valence-electron chi connectivity index (χ2n) is 1.30. The zero-order valence-electron chi connectivity index (χ0n) is 3.52. The van der Waals surface area contributed by atoms with Gasteiger partial charge in [-0.2, -0.15) is 0 Å². The van der Waals surface area contributed by atoms with Crippen LogP contribution in [0.25, 0.3) is 0 Å². The minimum Gasteiger partial charge on any atom is -0.326 e. The highest BCUT2D eigenvalue weighted by atomic mass is 14.5. The van der Waals surface area contributed by atoms with Crippen LogP contribution in [0.2, 0.25) is 0 Å². The van der Waals surface area contributed by atoms with Crippen molar-refractivity contribution in [1.82, 2.24) is 0 Å². The Balaban J connectivity index is 2.37. The van der Waals surface area contributed by atoms with Gasteiger partial charge < -0.3 is 5.73 Å². The van der Waals surface area contributed by atoms with E-state index in [4.69, 9.17) is 5.73 Å². The first-order valence-corrected chi connectivity index (χ1v) is 2.01. The minimum absolute atomic E-state index is 0.691. The summed E-state index contributed by atoms with van der Waals surface area (Å²) < 4.78 is 0. The quantitative estimate of drug-likeness (QED) is 0.487. The summed E-state index contributed by atoms with van der Waals surface area (Å²) in [6.45, 7) is 0.691. The molecule has 1 rings (SSSR count). The molecule has 0 amide bonds. The van der Waals surface area contributed by atoms with Gasteiger partial charge >= 0.3 is 0 Å². The molecule has 1 aliphatic carbocycles. The summed E-state index contributed by atoms with van der Waals surface area (Å²) in [4.78, 5) is 0. The Morgan fingerprint density at radius 2 is 2.33 bits per heavy atom. The van der Waals surface area contributed by atoms with Gasteiger partial charge in [-0.15, -0.1) is 0 Å². The average molecular weight is 81.1 g/mol. The number of hydrogen-bond acceptors (Lipinski definition) is 1. The largest absolute Gasteiger partial charge is 0.326 e. The van der Waals surface area contributed by atoms with Crippen LogP contribution in [0.3, 0.4) is 0 Å². The van der Waals surface area contributed by atoms with E-state index >= 15 is 0 Å². The highest BCUT2D eigenvalue weighted by Gasteiger charge is 1.89. The summed E-state index contributed by atoms with van der Waals surface area (Å²) in [5, 5.41) is 0.